The smallest absolute Gasteiger partial charge is 0.310 e. The molecule has 33 heavy (non-hydrogen) atoms. The van der Waals surface area contributed by atoms with Gasteiger partial charge in [-0.05, 0) is 43.7 Å². The number of ether oxygens (including phenoxy) is 2. The number of halogens is 2. The molecular weight excluding hydrogens is 465 g/mol. The zero-order valence-electron chi connectivity index (χ0n) is 19.6. The molecule has 2 aromatic rings. The van der Waals surface area contributed by atoms with E-state index in [1.54, 1.807) is 25.1 Å². The Labute approximate surface area is 204 Å². The minimum Gasteiger partial charge on any atom is -0.469 e. The van der Waals surface area contributed by atoms with E-state index in [-0.39, 0.29) is 22.4 Å². The molecular formula is C24H31Cl2N3O4. The standard InChI is InChI=1S/C22H25Cl2N3O4.C2H6/c1-14-25-20(26-9-6-22(7-10-26)8-11-31-13-22)15(12-18(28)30-2)21(29)27(14)17-5-3-4-16(23)19(17)24;1-2/h3-5H,6-13H2,1-2H3;1-2H3. The maximum absolute atomic E-state index is 13.6. The van der Waals surface area contributed by atoms with Crippen LogP contribution in [-0.4, -0.2) is 48.9 Å². The number of esters is 1. The van der Waals surface area contributed by atoms with Gasteiger partial charge in [0.05, 0.1) is 41.4 Å². The number of aryl methyl sites for hydroxylation is 1. The number of benzene rings is 1. The molecule has 0 bridgehead atoms. The molecule has 4 rings (SSSR count). The van der Waals surface area contributed by atoms with Crippen LogP contribution in [0.2, 0.25) is 10.0 Å². The zero-order chi connectivity index (χ0) is 24.2. The molecule has 2 fully saturated rings. The first-order valence-corrected chi connectivity index (χ1v) is 12.1. The third-order valence-corrected chi connectivity index (χ3v) is 7.16. The van der Waals surface area contributed by atoms with Gasteiger partial charge < -0.3 is 14.4 Å². The van der Waals surface area contributed by atoms with E-state index < -0.39 is 5.97 Å². The Kier molecular flexibility index (Phi) is 8.43. The molecule has 0 atom stereocenters. The molecule has 1 spiro atoms. The van der Waals surface area contributed by atoms with Gasteiger partial charge in [0.15, 0.2) is 0 Å². The van der Waals surface area contributed by atoms with Crippen LogP contribution in [-0.2, 0) is 20.7 Å². The van der Waals surface area contributed by atoms with Crippen molar-refractivity contribution in [2.45, 2.75) is 46.5 Å². The molecule has 2 aliphatic rings. The summed E-state index contributed by atoms with van der Waals surface area (Å²) in [5, 5.41) is 0.596. The molecule has 1 aromatic carbocycles. The predicted octanol–water partition coefficient (Wildman–Crippen LogP) is 4.60. The van der Waals surface area contributed by atoms with Crippen LogP contribution >= 0.6 is 23.2 Å². The number of anilines is 1. The largest absolute Gasteiger partial charge is 0.469 e. The maximum atomic E-state index is 13.6. The Balaban J connectivity index is 0.00000149. The van der Waals surface area contributed by atoms with Gasteiger partial charge in [0.25, 0.3) is 5.56 Å². The van der Waals surface area contributed by atoms with Crippen molar-refractivity contribution in [3.8, 4) is 5.69 Å². The number of carbonyl (C=O) groups is 1. The van der Waals surface area contributed by atoms with Crippen molar-refractivity contribution in [1.82, 2.24) is 9.55 Å². The van der Waals surface area contributed by atoms with Crippen LogP contribution < -0.4 is 10.5 Å². The Morgan fingerprint density at radius 2 is 1.91 bits per heavy atom. The highest BCUT2D eigenvalue weighted by Crippen LogP contribution is 2.40. The molecule has 0 saturated carbocycles. The van der Waals surface area contributed by atoms with Crippen molar-refractivity contribution in [3.05, 3.63) is 50.0 Å². The lowest BCUT2D eigenvalue weighted by atomic mass is 9.78. The summed E-state index contributed by atoms with van der Waals surface area (Å²) in [6.45, 7) is 8.86. The second kappa shape index (κ2) is 10.9. The topological polar surface area (TPSA) is 73.7 Å². The molecule has 2 aliphatic heterocycles. The van der Waals surface area contributed by atoms with Gasteiger partial charge in [-0.15, -0.1) is 0 Å². The second-order valence-corrected chi connectivity index (χ2v) is 9.00. The fourth-order valence-electron chi connectivity index (χ4n) is 4.47. The van der Waals surface area contributed by atoms with E-state index in [1.165, 1.54) is 11.7 Å². The van der Waals surface area contributed by atoms with Gasteiger partial charge in [0.2, 0.25) is 0 Å². The average Bonchev–Trinajstić information content (AvgIpc) is 3.28. The van der Waals surface area contributed by atoms with E-state index in [0.717, 1.165) is 45.6 Å². The Morgan fingerprint density at radius 1 is 1.21 bits per heavy atom. The molecule has 2 saturated heterocycles. The highest BCUT2D eigenvalue weighted by Gasteiger charge is 2.39. The normalized spacial score (nSPS) is 17.0. The van der Waals surface area contributed by atoms with E-state index in [2.05, 4.69) is 4.90 Å². The van der Waals surface area contributed by atoms with Gasteiger partial charge in [-0.1, -0.05) is 43.1 Å². The fraction of sp³-hybridized carbons (Fsp3) is 0.542. The van der Waals surface area contributed by atoms with Crippen molar-refractivity contribution in [1.29, 1.82) is 0 Å². The highest BCUT2D eigenvalue weighted by atomic mass is 35.5. The molecule has 0 N–H and O–H groups in total. The summed E-state index contributed by atoms with van der Waals surface area (Å²) in [7, 11) is 1.31. The van der Waals surface area contributed by atoms with Crippen molar-refractivity contribution >= 4 is 35.0 Å². The summed E-state index contributed by atoms with van der Waals surface area (Å²) in [5.41, 5.74) is 0.605. The van der Waals surface area contributed by atoms with Crippen LogP contribution in [0.25, 0.3) is 5.69 Å². The first-order valence-electron chi connectivity index (χ1n) is 11.3. The lowest BCUT2D eigenvalue weighted by Gasteiger charge is -2.39. The molecule has 9 heteroatoms. The maximum Gasteiger partial charge on any atom is 0.310 e. The van der Waals surface area contributed by atoms with Gasteiger partial charge in [-0.25, -0.2) is 4.98 Å². The van der Waals surface area contributed by atoms with E-state index >= 15 is 0 Å². The Hall–Kier alpha value is -2.09. The number of hydrogen-bond acceptors (Lipinski definition) is 6. The van der Waals surface area contributed by atoms with E-state index in [9.17, 15) is 9.59 Å². The number of rotatable bonds is 4. The van der Waals surface area contributed by atoms with Crippen LogP contribution in [0.3, 0.4) is 0 Å². The Morgan fingerprint density at radius 3 is 2.52 bits per heavy atom. The van der Waals surface area contributed by atoms with Gasteiger partial charge in [0, 0.05) is 19.7 Å². The van der Waals surface area contributed by atoms with Crippen molar-refractivity contribution in [2.75, 3.05) is 38.3 Å². The molecule has 0 radical (unpaired) electrons. The second-order valence-electron chi connectivity index (χ2n) is 8.22. The van der Waals surface area contributed by atoms with Crippen molar-refractivity contribution in [3.63, 3.8) is 0 Å². The van der Waals surface area contributed by atoms with E-state index in [1.807, 2.05) is 13.8 Å². The predicted molar refractivity (Wildman–Crippen MR) is 131 cm³/mol. The molecule has 180 valence electrons. The van der Waals surface area contributed by atoms with Gasteiger partial charge in [0.1, 0.15) is 11.6 Å². The summed E-state index contributed by atoms with van der Waals surface area (Å²) in [4.78, 5) is 32.6. The van der Waals surface area contributed by atoms with Gasteiger partial charge >= 0.3 is 5.97 Å². The van der Waals surface area contributed by atoms with E-state index in [4.69, 9.17) is 37.7 Å². The Bertz CT molecular complexity index is 1050. The molecule has 1 aromatic heterocycles. The van der Waals surface area contributed by atoms with Crippen LogP contribution in [0.1, 0.15) is 44.5 Å². The summed E-state index contributed by atoms with van der Waals surface area (Å²) < 4.78 is 11.9. The number of methoxy groups -OCH3 is 1. The van der Waals surface area contributed by atoms with Crippen LogP contribution in [0, 0.1) is 12.3 Å². The minimum absolute atomic E-state index is 0.166. The van der Waals surface area contributed by atoms with E-state index in [0.29, 0.717) is 27.9 Å². The highest BCUT2D eigenvalue weighted by molar-refractivity contribution is 6.43. The number of carbonyl (C=O) groups excluding carboxylic acids is 1. The lowest BCUT2D eigenvalue weighted by molar-refractivity contribution is -0.139. The molecule has 0 amide bonds. The number of piperidine rings is 1. The van der Waals surface area contributed by atoms with Crippen molar-refractivity contribution in [2.24, 2.45) is 5.41 Å². The van der Waals surface area contributed by atoms with Crippen LogP contribution in [0.5, 0.6) is 0 Å². The van der Waals surface area contributed by atoms with Gasteiger partial charge in [-0.2, -0.15) is 0 Å². The SMILES string of the molecule is CC.COC(=O)Cc1c(N2CCC3(CCOC3)CC2)nc(C)n(-c2cccc(Cl)c2Cl)c1=O. The van der Waals surface area contributed by atoms with Crippen molar-refractivity contribution < 1.29 is 14.3 Å². The number of nitrogens with zero attached hydrogens (tertiary/aromatic N) is 3. The molecule has 0 aliphatic carbocycles. The average molecular weight is 496 g/mol. The molecule has 7 nitrogen and oxygen atoms in total. The molecule has 3 heterocycles. The summed E-state index contributed by atoms with van der Waals surface area (Å²) in [5.74, 6) is 0.517. The fourth-order valence-corrected chi connectivity index (χ4v) is 4.85. The summed E-state index contributed by atoms with van der Waals surface area (Å²) in [6.07, 6.45) is 2.83. The van der Waals surface area contributed by atoms with Crippen LogP contribution in [0.4, 0.5) is 5.82 Å². The summed E-state index contributed by atoms with van der Waals surface area (Å²) in [6, 6.07) is 5.08. The summed E-state index contributed by atoms with van der Waals surface area (Å²) >= 11 is 12.5. The molecule has 0 unspecified atom stereocenters. The van der Waals surface area contributed by atoms with Crippen LogP contribution in [0.15, 0.2) is 23.0 Å². The van der Waals surface area contributed by atoms with Gasteiger partial charge in [-0.3, -0.25) is 14.2 Å². The third-order valence-electron chi connectivity index (χ3n) is 6.35. The first-order chi connectivity index (χ1) is 15.8. The monoisotopic (exact) mass is 495 g/mol. The zero-order valence-corrected chi connectivity index (χ0v) is 21.1. The number of hydrogen-bond donors (Lipinski definition) is 0. The number of aromatic nitrogens is 2. The lowest BCUT2D eigenvalue weighted by Crippen LogP contribution is -2.43. The quantitative estimate of drug-likeness (QED) is 0.577. The third kappa shape index (κ3) is 5.20. The minimum atomic E-state index is -0.495. The first kappa shape index (κ1) is 25.5.